The molecule has 21 heavy (non-hydrogen) atoms. The molecule has 0 bridgehead atoms. The number of hydrogen-bond acceptors (Lipinski definition) is 5. The van der Waals surface area contributed by atoms with E-state index in [1.54, 1.807) is 0 Å². The summed E-state index contributed by atoms with van der Waals surface area (Å²) >= 11 is 0. The molecular weight excluding hydrogens is 307 g/mol. The molecule has 0 heterocycles. The third-order valence-corrected chi connectivity index (χ3v) is 2.59. The fourth-order valence-electron chi connectivity index (χ4n) is 1.31. The smallest absolute Gasteiger partial charge is 0.329 e. The third kappa shape index (κ3) is 6.68. The van der Waals surface area contributed by atoms with Gasteiger partial charge < -0.3 is 15.2 Å². The van der Waals surface area contributed by atoms with E-state index in [0.717, 1.165) is 18.4 Å². The van der Waals surface area contributed by atoms with E-state index >= 15 is 0 Å². The minimum absolute atomic E-state index is 0.131. The third-order valence-electron chi connectivity index (χ3n) is 2.00. The molecule has 1 amide bonds. The molecule has 1 aromatic rings. The quantitative estimate of drug-likeness (QED) is 0.661. The van der Waals surface area contributed by atoms with E-state index in [1.165, 1.54) is 6.07 Å². The number of rotatable bonds is 7. The second-order valence-corrected chi connectivity index (χ2v) is 5.75. The average molecular weight is 320 g/mol. The SMILES string of the molecule is CS(=O)(=O)Nc1cc(NC(=O)COCC(=O)O)ccc1F. The maximum absolute atomic E-state index is 13.4. The molecule has 0 atom stereocenters. The second kappa shape index (κ2) is 6.99. The number of sulfonamides is 1. The summed E-state index contributed by atoms with van der Waals surface area (Å²) in [6, 6.07) is 3.28. The van der Waals surface area contributed by atoms with Crippen molar-refractivity contribution in [2.75, 3.05) is 29.5 Å². The van der Waals surface area contributed by atoms with E-state index in [-0.39, 0.29) is 11.4 Å². The zero-order valence-corrected chi connectivity index (χ0v) is 11.7. The van der Waals surface area contributed by atoms with Gasteiger partial charge in [0.15, 0.2) is 0 Å². The number of amides is 1. The number of carboxylic acid groups (broad SMARTS) is 1. The van der Waals surface area contributed by atoms with Crippen LogP contribution in [0.1, 0.15) is 0 Å². The molecule has 0 aromatic heterocycles. The predicted octanol–water partition coefficient (Wildman–Crippen LogP) is 0.237. The fourth-order valence-corrected chi connectivity index (χ4v) is 1.86. The number of hydrogen-bond donors (Lipinski definition) is 3. The Bertz CT molecular complexity index is 646. The Labute approximate surface area is 120 Å². The van der Waals surface area contributed by atoms with Gasteiger partial charge in [0.05, 0.1) is 11.9 Å². The molecule has 1 aromatic carbocycles. The summed E-state index contributed by atoms with van der Waals surface area (Å²) in [6.45, 7) is -1.13. The first-order valence-corrected chi connectivity index (χ1v) is 7.43. The molecule has 0 aliphatic carbocycles. The van der Waals surface area contributed by atoms with Crippen molar-refractivity contribution >= 4 is 33.3 Å². The topological polar surface area (TPSA) is 122 Å². The highest BCUT2D eigenvalue weighted by Crippen LogP contribution is 2.20. The van der Waals surface area contributed by atoms with Crippen LogP contribution >= 0.6 is 0 Å². The Morgan fingerprint density at radius 1 is 1.33 bits per heavy atom. The van der Waals surface area contributed by atoms with Crippen LogP contribution < -0.4 is 10.0 Å². The molecule has 0 saturated heterocycles. The van der Waals surface area contributed by atoms with Crippen molar-refractivity contribution in [1.82, 2.24) is 0 Å². The summed E-state index contributed by atoms with van der Waals surface area (Å²) in [5.74, 6) is -2.68. The first-order valence-electron chi connectivity index (χ1n) is 5.54. The van der Waals surface area contributed by atoms with E-state index in [2.05, 4.69) is 10.1 Å². The lowest BCUT2D eigenvalue weighted by Gasteiger charge is -2.09. The summed E-state index contributed by atoms with van der Waals surface area (Å²) in [5, 5.41) is 10.6. The van der Waals surface area contributed by atoms with Crippen molar-refractivity contribution in [1.29, 1.82) is 0 Å². The van der Waals surface area contributed by atoms with Crippen molar-refractivity contribution in [2.24, 2.45) is 0 Å². The lowest BCUT2D eigenvalue weighted by molar-refractivity contribution is -0.143. The number of carbonyl (C=O) groups excluding carboxylic acids is 1. The minimum Gasteiger partial charge on any atom is -0.480 e. The zero-order valence-electron chi connectivity index (χ0n) is 10.9. The largest absolute Gasteiger partial charge is 0.480 e. The van der Waals surface area contributed by atoms with Gasteiger partial charge in [-0.15, -0.1) is 0 Å². The normalized spacial score (nSPS) is 11.0. The molecule has 0 spiro atoms. The van der Waals surface area contributed by atoms with Gasteiger partial charge in [-0.1, -0.05) is 0 Å². The molecule has 0 saturated carbocycles. The van der Waals surface area contributed by atoms with Crippen LogP contribution in [0.5, 0.6) is 0 Å². The van der Waals surface area contributed by atoms with Crippen molar-refractivity contribution < 1.29 is 32.2 Å². The Morgan fingerprint density at radius 2 is 2.00 bits per heavy atom. The first kappa shape index (κ1) is 16.9. The molecule has 8 nitrogen and oxygen atoms in total. The molecule has 0 aliphatic rings. The maximum Gasteiger partial charge on any atom is 0.329 e. The standard InChI is InChI=1S/C11H13FN2O6S/c1-21(18,19)14-9-4-7(2-3-8(9)12)13-10(15)5-20-6-11(16)17/h2-4,14H,5-6H2,1H3,(H,13,15)(H,16,17). The van der Waals surface area contributed by atoms with Crippen molar-refractivity contribution in [3.05, 3.63) is 24.0 Å². The lowest BCUT2D eigenvalue weighted by Crippen LogP contribution is -2.21. The minimum atomic E-state index is -3.66. The monoisotopic (exact) mass is 320 g/mol. The van der Waals surface area contributed by atoms with E-state index in [4.69, 9.17) is 5.11 Å². The molecule has 0 unspecified atom stereocenters. The lowest BCUT2D eigenvalue weighted by atomic mass is 10.2. The Balaban J connectivity index is 2.69. The highest BCUT2D eigenvalue weighted by molar-refractivity contribution is 7.92. The zero-order chi connectivity index (χ0) is 16.0. The van der Waals surface area contributed by atoms with E-state index in [1.807, 2.05) is 4.72 Å². The van der Waals surface area contributed by atoms with Gasteiger partial charge in [0.25, 0.3) is 0 Å². The van der Waals surface area contributed by atoms with Crippen LogP contribution in [0.3, 0.4) is 0 Å². The van der Waals surface area contributed by atoms with Crippen molar-refractivity contribution in [3.63, 3.8) is 0 Å². The number of aliphatic carboxylic acids is 1. The van der Waals surface area contributed by atoms with Crippen LogP contribution in [0, 0.1) is 5.82 Å². The van der Waals surface area contributed by atoms with Gasteiger partial charge in [-0.3, -0.25) is 9.52 Å². The van der Waals surface area contributed by atoms with Crippen LogP contribution in [0.2, 0.25) is 0 Å². The van der Waals surface area contributed by atoms with Crippen molar-refractivity contribution in [3.8, 4) is 0 Å². The van der Waals surface area contributed by atoms with E-state index in [9.17, 15) is 22.4 Å². The van der Waals surface area contributed by atoms with Gasteiger partial charge in [0.2, 0.25) is 15.9 Å². The number of nitrogens with one attached hydrogen (secondary N) is 2. The summed E-state index contributed by atoms with van der Waals surface area (Å²) in [4.78, 5) is 21.6. The number of benzene rings is 1. The van der Waals surface area contributed by atoms with Gasteiger partial charge in [-0.25, -0.2) is 17.6 Å². The molecule has 10 heteroatoms. The van der Waals surface area contributed by atoms with Crippen LogP contribution in [-0.2, 0) is 24.3 Å². The van der Waals surface area contributed by atoms with Gasteiger partial charge in [-0.05, 0) is 18.2 Å². The predicted molar refractivity (Wildman–Crippen MR) is 72.0 cm³/mol. The van der Waals surface area contributed by atoms with Crippen molar-refractivity contribution in [2.45, 2.75) is 0 Å². The highest BCUT2D eigenvalue weighted by Gasteiger charge is 2.10. The molecular formula is C11H13FN2O6S. The van der Waals surface area contributed by atoms with Crippen LogP contribution in [-0.4, -0.2) is 44.9 Å². The van der Waals surface area contributed by atoms with Crippen LogP contribution in [0.4, 0.5) is 15.8 Å². The molecule has 0 radical (unpaired) electrons. The number of carboxylic acids is 1. The summed E-state index contributed by atoms with van der Waals surface area (Å²) in [6.07, 6.45) is 0.859. The summed E-state index contributed by atoms with van der Waals surface area (Å²) < 4.78 is 42.0. The molecule has 1 rings (SSSR count). The summed E-state index contributed by atoms with van der Waals surface area (Å²) in [5.41, 5.74) is -0.187. The molecule has 0 aliphatic heterocycles. The van der Waals surface area contributed by atoms with Crippen LogP contribution in [0.15, 0.2) is 18.2 Å². The van der Waals surface area contributed by atoms with Gasteiger partial charge in [0.1, 0.15) is 19.0 Å². The number of anilines is 2. The molecule has 116 valence electrons. The fraction of sp³-hybridized carbons (Fsp3) is 0.273. The van der Waals surface area contributed by atoms with Gasteiger partial charge in [-0.2, -0.15) is 0 Å². The maximum atomic E-state index is 13.4. The van der Waals surface area contributed by atoms with Gasteiger partial charge in [0, 0.05) is 5.69 Å². The Hall–Kier alpha value is -2.20. The number of carbonyl (C=O) groups is 2. The van der Waals surface area contributed by atoms with E-state index < -0.39 is 40.9 Å². The Morgan fingerprint density at radius 3 is 2.57 bits per heavy atom. The number of halogens is 1. The van der Waals surface area contributed by atoms with Crippen LogP contribution in [0.25, 0.3) is 0 Å². The number of ether oxygens (including phenoxy) is 1. The first-order chi connectivity index (χ1) is 9.67. The van der Waals surface area contributed by atoms with E-state index in [0.29, 0.717) is 0 Å². The molecule has 3 N–H and O–H groups in total. The average Bonchev–Trinajstić information content (AvgIpc) is 2.31. The Kier molecular flexibility index (Phi) is 5.61. The summed E-state index contributed by atoms with van der Waals surface area (Å²) in [7, 11) is -3.66. The highest BCUT2D eigenvalue weighted by atomic mass is 32.2. The second-order valence-electron chi connectivity index (χ2n) is 4.00. The molecule has 0 fully saturated rings. The van der Waals surface area contributed by atoms with Gasteiger partial charge >= 0.3 is 5.97 Å².